The van der Waals surface area contributed by atoms with Gasteiger partial charge in [-0.3, -0.25) is 9.69 Å². The highest BCUT2D eigenvalue weighted by Gasteiger charge is 2.23. The van der Waals surface area contributed by atoms with E-state index in [1.165, 1.54) is 0 Å². The first-order valence-electron chi connectivity index (χ1n) is 9.63. The number of carboxylic acids is 1. The number of amides is 1. The lowest BCUT2D eigenvalue weighted by atomic mass is 10.1. The fourth-order valence-corrected chi connectivity index (χ4v) is 3.47. The van der Waals surface area contributed by atoms with E-state index < -0.39 is 17.9 Å². The third kappa shape index (κ3) is 4.70. The van der Waals surface area contributed by atoms with Crippen molar-refractivity contribution in [3.05, 3.63) is 65.7 Å². The SMILES string of the molecule is CC(C)N1CCN(c2ccc(C(=O)N[C@@H](C(=O)O)c3ccccc3)cc2)CC1. The van der Waals surface area contributed by atoms with Crippen LogP contribution in [-0.4, -0.2) is 54.1 Å². The van der Waals surface area contributed by atoms with Crippen LogP contribution in [0, 0.1) is 0 Å². The smallest absolute Gasteiger partial charge is 0.330 e. The van der Waals surface area contributed by atoms with E-state index in [4.69, 9.17) is 0 Å². The molecule has 0 aromatic heterocycles. The molecule has 1 aliphatic rings. The summed E-state index contributed by atoms with van der Waals surface area (Å²) in [4.78, 5) is 28.9. The maximum Gasteiger partial charge on any atom is 0.330 e. The highest BCUT2D eigenvalue weighted by molar-refractivity contribution is 5.97. The van der Waals surface area contributed by atoms with Gasteiger partial charge in [-0.1, -0.05) is 30.3 Å². The minimum atomic E-state index is -1.08. The molecular formula is C22H27N3O3. The van der Waals surface area contributed by atoms with Crippen LogP contribution < -0.4 is 10.2 Å². The number of benzene rings is 2. The maximum absolute atomic E-state index is 12.5. The van der Waals surface area contributed by atoms with E-state index in [0.29, 0.717) is 17.2 Å². The number of hydrogen-bond acceptors (Lipinski definition) is 4. The van der Waals surface area contributed by atoms with Gasteiger partial charge in [-0.2, -0.15) is 0 Å². The van der Waals surface area contributed by atoms with Crippen molar-refractivity contribution in [2.75, 3.05) is 31.1 Å². The number of anilines is 1. The first-order valence-corrected chi connectivity index (χ1v) is 9.63. The number of hydrogen-bond donors (Lipinski definition) is 2. The Kier molecular flexibility index (Phi) is 6.31. The van der Waals surface area contributed by atoms with Gasteiger partial charge < -0.3 is 15.3 Å². The van der Waals surface area contributed by atoms with Crippen molar-refractivity contribution in [2.45, 2.75) is 25.9 Å². The predicted octanol–water partition coefficient (Wildman–Crippen LogP) is 2.77. The first kappa shape index (κ1) is 19.9. The van der Waals surface area contributed by atoms with Crippen LogP contribution in [0.25, 0.3) is 0 Å². The molecule has 6 heteroatoms. The van der Waals surface area contributed by atoms with Crippen LogP contribution in [0.3, 0.4) is 0 Å². The lowest BCUT2D eigenvalue weighted by Crippen LogP contribution is -2.48. The van der Waals surface area contributed by atoms with Gasteiger partial charge in [0.1, 0.15) is 0 Å². The van der Waals surface area contributed by atoms with Crippen molar-refractivity contribution < 1.29 is 14.7 Å². The molecule has 1 atom stereocenters. The Labute approximate surface area is 165 Å². The van der Waals surface area contributed by atoms with Crippen LogP contribution in [0.4, 0.5) is 5.69 Å². The van der Waals surface area contributed by atoms with Gasteiger partial charge in [-0.15, -0.1) is 0 Å². The van der Waals surface area contributed by atoms with Crippen molar-refractivity contribution >= 4 is 17.6 Å². The topological polar surface area (TPSA) is 72.9 Å². The average molecular weight is 381 g/mol. The summed E-state index contributed by atoms with van der Waals surface area (Å²) in [7, 11) is 0. The molecule has 6 nitrogen and oxygen atoms in total. The number of aliphatic carboxylic acids is 1. The van der Waals surface area contributed by atoms with Crippen molar-refractivity contribution in [1.82, 2.24) is 10.2 Å². The largest absolute Gasteiger partial charge is 0.479 e. The van der Waals surface area contributed by atoms with Gasteiger partial charge in [0.05, 0.1) is 0 Å². The molecule has 2 aromatic rings. The highest BCUT2D eigenvalue weighted by Crippen LogP contribution is 2.19. The summed E-state index contributed by atoms with van der Waals surface area (Å²) in [6.07, 6.45) is 0. The van der Waals surface area contributed by atoms with Crippen LogP contribution in [0.1, 0.15) is 35.8 Å². The second-order valence-corrected chi connectivity index (χ2v) is 7.32. The molecule has 0 bridgehead atoms. The summed E-state index contributed by atoms with van der Waals surface area (Å²) in [5, 5.41) is 12.1. The Morgan fingerprint density at radius 1 is 0.929 bits per heavy atom. The molecule has 0 radical (unpaired) electrons. The van der Waals surface area contributed by atoms with Crippen LogP contribution in [0.15, 0.2) is 54.6 Å². The van der Waals surface area contributed by atoms with Crippen LogP contribution in [0.5, 0.6) is 0 Å². The zero-order valence-electron chi connectivity index (χ0n) is 16.3. The number of nitrogens with one attached hydrogen (secondary N) is 1. The molecule has 1 fully saturated rings. The molecule has 0 aliphatic carbocycles. The normalized spacial score (nSPS) is 16.0. The van der Waals surface area contributed by atoms with Gasteiger partial charge >= 0.3 is 5.97 Å². The molecule has 1 aliphatic heterocycles. The molecule has 0 saturated carbocycles. The number of rotatable bonds is 6. The van der Waals surface area contributed by atoms with E-state index in [1.807, 2.05) is 18.2 Å². The average Bonchev–Trinajstić information content (AvgIpc) is 2.72. The summed E-state index contributed by atoms with van der Waals surface area (Å²) in [5.41, 5.74) is 2.08. The van der Waals surface area contributed by atoms with Crippen molar-refractivity contribution in [2.24, 2.45) is 0 Å². The number of carboxylic acid groups (broad SMARTS) is 1. The van der Waals surface area contributed by atoms with Crippen molar-refractivity contribution in [1.29, 1.82) is 0 Å². The minimum Gasteiger partial charge on any atom is -0.479 e. The third-order valence-corrected chi connectivity index (χ3v) is 5.19. The molecular weight excluding hydrogens is 354 g/mol. The standard InChI is InChI=1S/C22H27N3O3/c1-16(2)24-12-14-25(15-13-24)19-10-8-18(9-11-19)21(26)23-20(22(27)28)17-6-4-3-5-7-17/h3-11,16,20H,12-15H2,1-2H3,(H,23,26)(H,27,28)/t20-/m1/s1. The molecule has 2 N–H and O–H groups in total. The fraction of sp³-hybridized carbons (Fsp3) is 0.364. The maximum atomic E-state index is 12.5. The molecule has 3 rings (SSSR count). The molecule has 0 spiro atoms. The molecule has 2 aromatic carbocycles. The van der Waals surface area contributed by atoms with Crippen molar-refractivity contribution in [3.63, 3.8) is 0 Å². The Morgan fingerprint density at radius 2 is 1.54 bits per heavy atom. The van der Waals surface area contributed by atoms with Crippen LogP contribution in [0.2, 0.25) is 0 Å². The number of carbonyl (C=O) groups is 2. The molecule has 28 heavy (non-hydrogen) atoms. The first-order chi connectivity index (χ1) is 13.5. The quantitative estimate of drug-likeness (QED) is 0.805. The Bertz CT molecular complexity index is 798. The lowest BCUT2D eigenvalue weighted by molar-refractivity contribution is -0.139. The molecule has 0 unspecified atom stereocenters. The summed E-state index contributed by atoms with van der Waals surface area (Å²) >= 11 is 0. The molecule has 1 heterocycles. The van der Waals surface area contributed by atoms with E-state index in [-0.39, 0.29) is 0 Å². The zero-order chi connectivity index (χ0) is 20.1. The second-order valence-electron chi connectivity index (χ2n) is 7.32. The Balaban J connectivity index is 1.64. The molecule has 148 valence electrons. The highest BCUT2D eigenvalue weighted by atomic mass is 16.4. The van der Waals surface area contributed by atoms with Crippen molar-refractivity contribution in [3.8, 4) is 0 Å². The Morgan fingerprint density at radius 3 is 2.07 bits per heavy atom. The van der Waals surface area contributed by atoms with E-state index in [1.54, 1.807) is 36.4 Å². The van der Waals surface area contributed by atoms with Gasteiger partial charge in [0, 0.05) is 43.5 Å². The number of carbonyl (C=O) groups excluding carboxylic acids is 1. The van der Waals surface area contributed by atoms with Crippen LogP contribution >= 0.6 is 0 Å². The van der Waals surface area contributed by atoms with Gasteiger partial charge in [0.15, 0.2) is 6.04 Å². The van der Waals surface area contributed by atoms with E-state index in [2.05, 4.69) is 29.0 Å². The summed E-state index contributed by atoms with van der Waals surface area (Å²) in [6, 6.07) is 15.6. The van der Waals surface area contributed by atoms with E-state index in [0.717, 1.165) is 31.9 Å². The fourth-order valence-electron chi connectivity index (χ4n) is 3.47. The van der Waals surface area contributed by atoms with E-state index >= 15 is 0 Å². The van der Waals surface area contributed by atoms with Gasteiger partial charge in [-0.05, 0) is 43.7 Å². The van der Waals surface area contributed by atoms with E-state index in [9.17, 15) is 14.7 Å². The lowest BCUT2D eigenvalue weighted by Gasteiger charge is -2.38. The van der Waals surface area contributed by atoms with Gasteiger partial charge in [0.2, 0.25) is 0 Å². The predicted molar refractivity (Wildman–Crippen MR) is 110 cm³/mol. The summed E-state index contributed by atoms with van der Waals surface area (Å²) in [5.74, 6) is -1.48. The molecule has 1 saturated heterocycles. The number of nitrogens with zero attached hydrogens (tertiary/aromatic N) is 2. The van der Waals surface area contributed by atoms with Gasteiger partial charge in [0.25, 0.3) is 5.91 Å². The second kappa shape index (κ2) is 8.89. The van der Waals surface area contributed by atoms with Crippen LogP contribution in [-0.2, 0) is 4.79 Å². The Hall–Kier alpha value is -2.86. The minimum absolute atomic E-state index is 0.396. The monoisotopic (exact) mass is 381 g/mol. The number of piperazine rings is 1. The summed E-state index contributed by atoms with van der Waals surface area (Å²) < 4.78 is 0. The molecule has 1 amide bonds. The summed E-state index contributed by atoms with van der Waals surface area (Å²) in [6.45, 7) is 8.39. The third-order valence-electron chi connectivity index (χ3n) is 5.19. The zero-order valence-corrected chi connectivity index (χ0v) is 16.3. The van der Waals surface area contributed by atoms with Gasteiger partial charge in [-0.25, -0.2) is 4.79 Å².